The van der Waals surface area contributed by atoms with Crippen LogP contribution < -0.4 is 4.74 Å². The summed E-state index contributed by atoms with van der Waals surface area (Å²) in [6.07, 6.45) is 0. The second kappa shape index (κ2) is 7.68. The van der Waals surface area contributed by atoms with E-state index in [1.807, 2.05) is 0 Å². The summed E-state index contributed by atoms with van der Waals surface area (Å²) >= 11 is 5.63. The molecule has 0 saturated heterocycles. The molecule has 5 nitrogen and oxygen atoms in total. The van der Waals surface area contributed by atoms with E-state index < -0.39 is 17.3 Å². The maximum Gasteiger partial charge on any atom is 0.348 e. The molecule has 1 unspecified atom stereocenters. The molecular formula is C12H14ClFN2O3. The smallest absolute Gasteiger partial charge is 0.348 e. The fraction of sp³-hybridized carbons (Fsp3) is 0.417. The number of nitrogens with zero attached hydrogens (tertiary/aromatic N) is 2. The van der Waals surface area contributed by atoms with Gasteiger partial charge in [-0.2, -0.15) is 10.2 Å². The lowest BCUT2D eigenvalue weighted by atomic mass is 10.2. The van der Waals surface area contributed by atoms with Crippen LogP contribution in [0.3, 0.4) is 0 Å². The van der Waals surface area contributed by atoms with E-state index in [1.54, 1.807) is 13.0 Å². The van der Waals surface area contributed by atoms with Crippen LogP contribution in [0.25, 0.3) is 0 Å². The van der Waals surface area contributed by atoms with Gasteiger partial charge in [-0.1, -0.05) is 17.7 Å². The van der Waals surface area contributed by atoms with Gasteiger partial charge < -0.3 is 9.47 Å². The molecule has 1 rings (SSSR count). The molecule has 104 valence electrons. The number of hydrogen-bond donors (Lipinski definition) is 0. The third kappa shape index (κ3) is 4.82. The predicted molar refractivity (Wildman–Crippen MR) is 67.8 cm³/mol. The van der Waals surface area contributed by atoms with Crippen LogP contribution in [0.5, 0.6) is 5.75 Å². The second-order valence-electron chi connectivity index (χ2n) is 3.47. The Balaban J connectivity index is 2.56. The number of alkyl halides is 1. The van der Waals surface area contributed by atoms with Gasteiger partial charge in [0.2, 0.25) is 5.50 Å². The molecule has 0 amide bonds. The number of halogens is 2. The Labute approximate surface area is 115 Å². The van der Waals surface area contributed by atoms with Crippen molar-refractivity contribution in [2.24, 2.45) is 10.2 Å². The lowest BCUT2D eigenvalue weighted by Crippen LogP contribution is -2.15. The average Bonchev–Trinajstić information content (AvgIpc) is 2.39. The highest BCUT2D eigenvalue weighted by Gasteiger charge is 2.14. The van der Waals surface area contributed by atoms with E-state index in [2.05, 4.69) is 15.0 Å². The van der Waals surface area contributed by atoms with Crippen LogP contribution in [0.1, 0.15) is 12.5 Å². The molecule has 1 aromatic carbocycles. The largest absolute Gasteiger partial charge is 0.494 e. The minimum atomic E-state index is -1.18. The van der Waals surface area contributed by atoms with E-state index in [1.165, 1.54) is 19.2 Å². The van der Waals surface area contributed by atoms with Crippen molar-refractivity contribution in [1.82, 2.24) is 0 Å². The number of hydrogen-bond acceptors (Lipinski definition) is 5. The number of esters is 1. The molecule has 0 radical (unpaired) electrons. The maximum absolute atomic E-state index is 13.4. The third-order valence-corrected chi connectivity index (χ3v) is 2.40. The van der Waals surface area contributed by atoms with Crippen molar-refractivity contribution in [1.29, 1.82) is 0 Å². The molecule has 0 heterocycles. The number of carbonyl (C=O) groups excluding carboxylic acids is 1. The molecule has 1 aromatic rings. The first kappa shape index (κ1) is 15.4. The van der Waals surface area contributed by atoms with Crippen LogP contribution in [0.15, 0.2) is 28.4 Å². The lowest BCUT2D eigenvalue weighted by Gasteiger charge is -2.04. The van der Waals surface area contributed by atoms with Gasteiger partial charge in [0.15, 0.2) is 11.6 Å². The molecule has 19 heavy (non-hydrogen) atoms. The number of ether oxygens (including phenoxy) is 2. The van der Waals surface area contributed by atoms with Crippen molar-refractivity contribution < 1.29 is 18.7 Å². The van der Waals surface area contributed by atoms with Crippen molar-refractivity contribution in [2.75, 3.05) is 13.7 Å². The normalized spacial score (nSPS) is 12.4. The van der Waals surface area contributed by atoms with E-state index >= 15 is 0 Å². The van der Waals surface area contributed by atoms with Crippen molar-refractivity contribution in [3.63, 3.8) is 0 Å². The first-order valence-corrected chi connectivity index (χ1v) is 6.01. The topological polar surface area (TPSA) is 60.2 Å². The Morgan fingerprint density at radius 1 is 1.53 bits per heavy atom. The molecule has 1 atom stereocenters. The van der Waals surface area contributed by atoms with Crippen LogP contribution in [0.4, 0.5) is 4.39 Å². The van der Waals surface area contributed by atoms with Gasteiger partial charge in [-0.15, -0.1) is 0 Å². The van der Waals surface area contributed by atoms with Crippen LogP contribution in [-0.2, 0) is 16.1 Å². The van der Waals surface area contributed by atoms with Gasteiger partial charge in [0.25, 0.3) is 0 Å². The molecule has 7 heteroatoms. The van der Waals surface area contributed by atoms with Crippen molar-refractivity contribution in [3.05, 3.63) is 29.6 Å². The highest BCUT2D eigenvalue weighted by molar-refractivity contribution is 6.29. The van der Waals surface area contributed by atoms with Gasteiger partial charge in [0, 0.05) is 0 Å². The molecule has 0 fully saturated rings. The standard InChI is InChI=1S/C12H14ClFN2O3/c1-3-19-12(17)11(13)16-15-7-8-4-5-10(18-2)9(14)6-8/h4-6,11H,3,7H2,1-2H3. The van der Waals surface area contributed by atoms with E-state index in [4.69, 9.17) is 16.3 Å². The Bertz CT molecular complexity index is 468. The van der Waals surface area contributed by atoms with E-state index in [9.17, 15) is 9.18 Å². The summed E-state index contributed by atoms with van der Waals surface area (Å²) < 4.78 is 22.8. The van der Waals surface area contributed by atoms with Crippen LogP contribution >= 0.6 is 11.6 Å². The van der Waals surface area contributed by atoms with Gasteiger partial charge in [-0.3, -0.25) is 0 Å². The lowest BCUT2D eigenvalue weighted by molar-refractivity contribution is -0.142. The van der Waals surface area contributed by atoms with E-state index in [0.29, 0.717) is 5.56 Å². The SMILES string of the molecule is CCOC(=O)C(Cl)N=NCc1ccc(OC)c(F)c1. The number of azo groups is 1. The summed E-state index contributed by atoms with van der Waals surface area (Å²) in [6, 6.07) is 4.42. The highest BCUT2D eigenvalue weighted by Crippen LogP contribution is 2.18. The second-order valence-corrected chi connectivity index (χ2v) is 3.89. The van der Waals surface area contributed by atoms with Gasteiger partial charge in [-0.25, -0.2) is 9.18 Å². The van der Waals surface area contributed by atoms with Crippen LogP contribution in [0.2, 0.25) is 0 Å². The van der Waals surface area contributed by atoms with Crippen molar-refractivity contribution in [3.8, 4) is 5.75 Å². The summed E-state index contributed by atoms with van der Waals surface area (Å²) in [5, 5.41) is 7.30. The molecular weight excluding hydrogens is 275 g/mol. The zero-order chi connectivity index (χ0) is 14.3. The quantitative estimate of drug-likeness (QED) is 0.350. The number of methoxy groups -OCH3 is 1. The minimum absolute atomic E-state index is 0.115. The Hall–Kier alpha value is -1.69. The van der Waals surface area contributed by atoms with Crippen molar-refractivity contribution in [2.45, 2.75) is 19.0 Å². The molecule has 0 aromatic heterocycles. The first-order chi connectivity index (χ1) is 9.08. The zero-order valence-corrected chi connectivity index (χ0v) is 11.4. The number of rotatable bonds is 6. The molecule has 0 N–H and O–H groups in total. The zero-order valence-electron chi connectivity index (χ0n) is 10.6. The number of benzene rings is 1. The molecule has 0 aliphatic rings. The van der Waals surface area contributed by atoms with E-state index in [0.717, 1.165) is 0 Å². The fourth-order valence-corrected chi connectivity index (χ4v) is 1.39. The summed E-state index contributed by atoms with van der Waals surface area (Å²) in [6.45, 7) is 2.00. The van der Waals surface area contributed by atoms with Gasteiger partial charge in [-0.05, 0) is 24.6 Å². The minimum Gasteiger partial charge on any atom is -0.494 e. The molecule has 0 bridgehead atoms. The number of carbonyl (C=O) groups is 1. The molecule has 0 aliphatic carbocycles. The monoisotopic (exact) mass is 288 g/mol. The third-order valence-electron chi connectivity index (χ3n) is 2.13. The van der Waals surface area contributed by atoms with E-state index in [-0.39, 0.29) is 18.9 Å². The van der Waals surface area contributed by atoms with Gasteiger partial charge >= 0.3 is 5.97 Å². The highest BCUT2D eigenvalue weighted by atomic mass is 35.5. The summed E-state index contributed by atoms with van der Waals surface area (Å²) in [5.74, 6) is -0.987. The first-order valence-electron chi connectivity index (χ1n) is 5.58. The summed E-state index contributed by atoms with van der Waals surface area (Å²) in [4.78, 5) is 11.1. The van der Waals surface area contributed by atoms with Crippen LogP contribution in [-0.4, -0.2) is 25.2 Å². The summed E-state index contributed by atoms with van der Waals surface area (Å²) in [7, 11) is 1.38. The molecule has 0 aliphatic heterocycles. The van der Waals surface area contributed by atoms with Gasteiger partial charge in [0.05, 0.1) is 20.3 Å². The summed E-state index contributed by atoms with van der Waals surface area (Å²) in [5.41, 5.74) is -0.585. The molecule has 0 spiro atoms. The van der Waals surface area contributed by atoms with Crippen LogP contribution in [0, 0.1) is 5.82 Å². The predicted octanol–water partition coefficient (Wildman–Crippen LogP) is 2.91. The Kier molecular flexibility index (Phi) is 6.21. The average molecular weight is 289 g/mol. The maximum atomic E-state index is 13.4. The molecule has 0 saturated carbocycles. The fourth-order valence-electron chi connectivity index (χ4n) is 1.26. The van der Waals surface area contributed by atoms with Crippen molar-refractivity contribution >= 4 is 17.6 Å². The van der Waals surface area contributed by atoms with Gasteiger partial charge in [0.1, 0.15) is 0 Å². The Morgan fingerprint density at radius 2 is 2.26 bits per heavy atom. The Morgan fingerprint density at radius 3 is 2.84 bits per heavy atom.